The Morgan fingerprint density at radius 2 is 1.84 bits per heavy atom. The molecule has 2 aromatic carbocycles. The van der Waals surface area contributed by atoms with Crippen LogP contribution in [0, 0.1) is 0 Å². The molecule has 1 atom stereocenters. The minimum Gasteiger partial charge on any atom is -0.452 e. The number of benzene rings is 2. The van der Waals surface area contributed by atoms with Crippen molar-refractivity contribution in [3.63, 3.8) is 0 Å². The smallest absolute Gasteiger partial charge is 0.416 e. The summed E-state index contributed by atoms with van der Waals surface area (Å²) in [5.41, 5.74) is -0.467. The number of alkyl halides is 3. The number of hydrogen-bond acceptors (Lipinski definition) is 7. The van der Waals surface area contributed by atoms with E-state index < -0.39 is 45.3 Å². The monoisotopic (exact) mass is 455 g/mol. The Labute approximate surface area is 175 Å². The van der Waals surface area contributed by atoms with E-state index in [0.29, 0.717) is 11.6 Å². The number of nitrogens with zero attached hydrogens (tertiary/aromatic N) is 2. The Bertz CT molecular complexity index is 1160. The van der Waals surface area contributed by atoms with Gasteiger partial charge in [-0.2, -0.15) is 17.9 Å². The van der Waals surface area contributed by atoms with Crippen LogP contribution in [-0.2, 0) is 25.7 Å². The van der Waals surface area contributed by atoms with Crippen LogP contribution >= 0.6 is 0 Å². The van der Waals surface area contributed by atoms with E-state index in [1.807, 2.05) is 10.8 Å². The second-order valence-electron chi connectivity index (χ2n) is 6.29. The van der Waals surface area contributed by atoms with Gasteiger partial charge in [0.05, 0.1) is 10.5 Å². The van der Waals surface area contributed by atoms with Gasteiger partial charge in [0.15, 0.2) is 6.10 Å². The van der Waals surface area contributed by atoms with Crippen LogP contribution in [0.3, 0.4) is 0 Å². The number of halogens is 3. The zero-order valence-electron chi connectivity index (χ0n) is 16.0. The van der Waals surface area contributed by atoms with Crippen LogP contribution in [0.2, 0.25) is 0 Å². The van der Waals surface area contributed by atoms with E-state index in [1.54, 1.807) is 24.3 Å². The molecule has 8 nitrogen and oxygen atoms in total. The molecule has 0 fully saturated rings. The van der Waals surface area contributed by atoms with Crippen molar-refractivity contribution in [1.82, 2.24) is 14.9 Å². The minimum absolute atomic E-state index is 0.00654. The first kappa shape index (κ1) is 22.4. The molecule has 3 aromatic rings. The van der Waals surface area contributed by atoms with Crippen molar-refractivity contribution in [3.05, 3.63) is 66.1 Å². The molecule has 1 aromatic heterocycles. The third kappa shape index (κ3) is 5.67. The Morgan fingerprint density at radius 1 is 1.13 bits per heavy atom. The Morgan fingerprint density at radius 3 is 2.52 bits per heavy atom. The lowest BCUT2D eigenvalue weighted by atomic mass is 10.2. The summed E-state index contributed by atoms with van der Waals surface area (Å²) in [5.74, 6) is -0.779. The van der Waals surface area contributed by atoms with E-state index in [-0.39, 0.29) is 11.8 Å². The van der Waals surface area contributed by atoms with Crippen molar-refractivity contribution in [2.45, 2.75) is 24.1 Å². The van der Waals surface area contributed by atoms with Crippen LogP contribution < -0.4 is 4.72 Å². The standard InChI is InChI=1S/C19H16F3N3O5S/c1-12(17-24-25-18(30-17)13-6-3-2-4-7-13)29-16(26)11-23-31(27,28)15-9-5-8-14(10-15)19(20,21)22/h2-10,12,23H,11H2,1H3. The molecule has 0 aliphatic heterocycles. The Balaban J connectivity index is 1.60. The second-order valence-corrected chi connectivity index (χ2v) is 8.06. The predicted octanol–water partition coefficient (Wildman–Crippen LogP) is 3.34. The molecule has 1 heterocycles. The number of carbonyl (C=O) groups is 1. The van der Waals surface area contributed by atoms with Crippen molar-refractivity contribution in [2.75, 3.05) is 6.54 Å². The van der Waals surface area contributed by atoms with Crippen molar-refractivity contribution in [2.24, 2.45) is 0 Å². The summed E-state index contributed by atoms with van der Waals surface area (Å²) in [6, 6.07) is 12.0. The molecule has 0 saturated carbocycles. The van der Waals surface area contributed by atoms with E-state index in [1.165, 1.54) is 6.92 Å². The fraction of sp³-hybridized carbons (Fsp3) is 0.211. The molecule has 1 N–H and O–H groups in total. The van der Waals surface area contributed by atoms with Crippen LogP contribution in [0.5, 0.6) is 0 Å². The maximum atomic E-state index is 12.8. The number of nitrogens with one attached hydrogen (secondary N) is 1. The van der Waals surface area contributed by atoms with Gasteiger partial charge in [0.2, 0.25) is 15.9 Å². The quantitative estimate of drug-likeness (QED) is 0.544. The highest BCUT2D eigenvalue weighted by Crippen LogP contribution is 2.30. The average molecular weight is 455 g/mol. The predicted molar refractivity (Wildman–Crippen MR) is 101 cm³/mol. The van der Waals surface area contributed by atoms with Crippen molar-refractivity contribution >= 4 is 16.0 Å². The molecule has 0 aliphatic carbocycles. The number of aromatic nitrogens is 2. The van der Waals surface area contributed by atoms with Gasteiger partial charge in [-0.25, -0.2) is 8.42 Å². The lowest BCUT2D eigenvalue weighted by Crippen LogP contribution is -2.31. The van der Waals surface area contributed by atoms with E-state index in [2.05, 4.69) is 10.2 Å². The largest absolute Gasteiger partial charge is 0.452 e. The Kier molecular flexibility index (Phi) is 6.41. The van der Waals surface area contributed by atoms with Crippen LogP contribution in [-0.4, -0.2) is 31.1 Å². The SMILES string of the molecule is CC(OC(=O)CNS(=O)(=O)c1cccc(C(F)(F)F)c1)c1nnc(-c2ccccc2)o1. The van der Waals surface area contributed by atoms with Gasteiger partial charge >= 0.3 is 12.1 Å². The maximum Gasteiger partial charge on any atom is 0.416 e. The van der Waals surface area contributed by atoms with Gasteiger partial charge < -0.3 is 9.15 Å². The summed E-state index contributed by atoms with van der Waals surface area (Å²) in [6.45, 7) is 0.643. The summed E-state index contributed by atoms with van der Waals surface area (Å²) in [7, 11) is -4.37. The summed E-state index contributed by atoms with van der Waals surface area (Å²) < 4.78 is 75.1. The minimum atomic E-state index is -4.71. The highest BCUT2D eigenvalue weighted by Gasteiger charge is 2.31. The summed E-state index contributed by atoms with van der Waals surface area (Å²) in [5, 5.41) is 7.65. The number of ether oxygens (including phenoxy) is 1. The molecule has 0 aliphatic rings. The van der Waals surface area contributed by atoms with Gasteiger partial charge in [-0.05, 0) is 37.3 Å². The highest BCUT2D eigenvalue weighted by atomic mass is 32.2. The van der Waals surface area contributed by atoms with E-state index in [9.17, 15) is 26.4 Å². The van der Waals surface area contributed by atoms with E-state index in [4.69, 9.17) is 9.15 Å². The first-order chi connectivity index (χ1) is 14.6. The zero-order chi connectivity index (χ0) is 22.6. The fourth-order valence-electron chi connectivity index (χ4n) is 2.46. The van der Waals surface area contributed by atoms with Crippen LogP contribution in [0.25, 0.3) is 11.5 Å². The Hall–Kier alpha value is -3.25. The summed E-state index contributed by atoms with van der Waals surface area (Å²) in [4.78, 5) is 11.4. The molecule has 0 saturated heterocycles. The van der Waals surface area contributed by atoms with Gasteiger partial charge in [-0.15, -0.1) is 10.2 Å². The zero-order valence-corrected chi connectivity index (χ0v) is 16.8. The van der Waals surface area contributed by atoms with Gasteiger partial charge in [-0.1, -0.05) is 24.3 Å². The number of sulfonamides is 1. The van der Waals surface area contributed by atoms with Gasteiger partial charge in [-0.3, -0.25) is 4.79 Å². The van der Waals surface area contributed by atoms with Crippen molar-refractivity contribution in [1.29, 1.82) is 0 Å². The van der Waals surface area contributed by atoms with Crippen LogP contribution in [0.4, 0.5) is 13.2 Å². The molecule has 0 radical (unpaired) electrons. The third-order valence-electron chi connectivity index (χ3n) is 4.00. The lowest BCUT2D eigenvalue weighted by molar-refractivity contribution is -0.148. The third-order valence-corrected chi connectivity index (χ3v) is 5.39. The number of rotatable bonds is 7. The molecule has 3 rings (SSSR count). The highest BCUT2D eigenvalue weighted by molar-refractivity contribution is 7.89. The normalized spacial score (nSPS) is 13.0. The van der Waals surface area contributed by atoms with Crippen LogP contribution in [0.15, 0.2) is 63.9 Å². The number of hydrogen-bond donors (Lipinski definition) is 1. The fourth-order valence-corrected chi connectivity index (χ4v) is 3.48. The van der Waals surface area contributed by atoms with Gasteiger partial charge in [0.1, 0.15) is 6.54 Å². The number of carbonyl (C=O) groups excluding carboxylic acids is 1. The van der Waals surface area contributed by atoms with Gasteiger partial charge in [0, 0.05) is 5.56 Å². The molecule has 0 spiro atoms. The van der Waals surface area contributed by atoms with Crippen molar-refractivity contribution < 1.29 is 35.5 Å². The molecule has 1 unspecified atom stereocenters. The molecule has 0 bridgehead atoms. The van der Waals surface area contributed by atoms with Gasteiger partial charge in [0.25, 0.3) is 5.89 Å². The first-order valence-corrected chi connectivity index (χ1v) is 10.3. The second kappa shape index (κ2) is 8.86. The molecule has 31 heavy (non-hydrogen) atoms. The van der Waals surface area contributed by atoms with Crippen LogP contribution in [0.1, 0.15) is 24.5 Å². The topological polar surface area (TPSA) is 111 Å². The van der Waals surface area contributed by atoms with Crippen molar-refractivity contribution in [3.8, 4) is 11.5 Å². The van der Waals surface area contributed by atoms with E-state index >= 15 is 0 Å². The maximum absolute atomic E-state index is 12.8. The average Bonchev–Trinajstić information content (AvgIpc) is 3.23. The molecular weight excluding hydrogens is 439 g/mol. The molecular formula is C19H16F3N3O5S. The molecule has 12 heteroatoms. The van der Waals surface area contributed by atoms with E-state index in [0.717, 1.165) is 18.2 Å². The summed E-state index contributed by atoms with van der Waals surface area (Å²) >= 11 is 0. The molecule has 0 amide bonds. The summed E-state index contributed by atoms with van der Waals surface area (Å²) in [6.07, 6.45) is -5.68. The lowest BCUT2D eigenvalue weighted by Gasteiger charge is -2.12. The molecule has 164 valence electrons. The first-order valence-electron chi connectivity index (χ1n) is 8.81. The number of esters is 1.